The number of hydrogen-bond acceptors (Lipinski definition) is 1. The second-order valence-electron chi connectivity index (χ2n) is 5.13. The van der Waals surface area contributed by atoms with Gasteiger partial charge in [0.1, 0.15) is 5.60 Å². The van der Waals surface area contributed by atoms with Gasteiger partial charge in [-0.05, 0) is 37.5 Å². The third-order valence-electron chi connectivity index (χ3n) is 3.55. The zero-order chi connectivity index (χ0) is 17.7. The van der Waals surface area contributed by atoms with Gasteiger partial charge in [0.2, 0.25) is 0 Å². The Kier molecular flexibility index (Phi) is 11.7. The highest BCUT2D eigenvalue weighted by atomic mass is 79.9. The van der Waals surface area contributed by atoms with E-state index in [0.717, 1.165) is 35.1 Å². The molecule has 0 amide bonds. The molecule has 0 aliphatic heterocycles. The van der Waals surface area contributed by atoms with Crippen LogP contribution in [0.25, 0.3) is 0 Å². The Hall–Kier alpha value is -1.12. The molecule has 1 unspecified atom stereocenters. The standard InChI is InChI=1S/C19H25BrO.C2H6/c1-5-7-15-21-19(4,17-11-9-8-10-12-17)16(3)13-14-18(20)6-2;1-2/h6,8-14H,3,5,7,15H2,1-2,4H3;1-2H3/b14-13-,18-6+;. The van der Waals surface area contributed by atoms with Crippen molar-refractivity contribution in [3.63, 3.8) is 0 Å². The van der Waals surface area contributed by atoms with Crippen LogP contribution in [0, 0.1) is 0 Å². The second kappa shape index (κ2) is 12.3. The van der Waals surface area contributed by atoms with Crippen LogP contribution in [0.2, 0.25) is 0 Å². The first-order valence-corrected chi connectivity index (χ1v) is 9.22. The highest BCUT2D eigenvalue weighted by Gasteiger charge is 2.29. The van der Waals surface area contributed by atoms with Gasteiger partial charge < -0.3 is 4.74 Å². The van der Waals surface area contributed by atoms with Crippen molar-refractivity contribution in [1.82, 2.24) is 0 Å². The van der Waals surface area contributed by atoms with E-state index in [-0.39, 0.29) is 0 Å². The van der Waals surface area contributed by atoms with E-state index in [0.29, 0.717) is 0 Å². The van der Waals surface area contributed by atoms with E-state index in [4.69, 9.17) is 4.74 Å². The first-order chi connectivity index (χ1) is 11.0. The van der Waals surface area contributed by atoms with Gasteiger partial charge in [0, 0.05) is 11.1 Å². The zero-order valence-electron chi connectivity index (χ0n) is 15.2. The quantitative estimate of drug-likeness (QED) is 0.344. The fourth-order valence-electron chi connectivity index (χ4n) is 1.97. The average Bonchev–Trinajstić information content (AvgIpc) is 2.61. The van der Waals surface area contributed by atoms with E-state index in [9.17, 15) is 0 Å². The monoisotopic (exact) mass is 378 g/mol. The van der Waals surface area contributed by atoms with Crippen molar-refractivity contribution in [3.8, 4) is 0 Å². The maximum absolute atomic E-state index is 6.20. The smallest absolute Gasteiger partial charge is 0.115 e. The van der Waals surface area contributed by atoms with Crippen LogP contribution in [0.3, 0.4) is 0 Å². The van der Waals surface area contributed by atoms with Crippen LogP contribution in [-0.2, 0) is 10.3 Å². The third-order valence-corrected chi connectivity index (χ3v) is 4.27. The topological polar surface area (TPSA) is 9.23 Å². The predicted octanol–water partition coefficient (Wildman–Crippen LogP) is 7.16. The first kappa shape index (κ1) is 21.9. The molecule has 1 nitrogen and oxygen atoms in total. The van der Waals surface area contributed by atoms with E-state index < -0.39 is 5.60 Å². The van der Waals surface area contributed by atoms with Crippen molar-refractivity contribution in [1.29, 1.82) is 0 Å². The van der Waals surface area contributed by atoms with E-state index in [1.54, 1.807) is 0 Å². The molecule has 1 rings (SSSR count). The molecule has 1 aromatic rings. The van der Waals surface area contributed by atoms with Gasteiger partial charge in [-0.25, -0.2) is 0 Å². The van der Waals surface area contributed by atoms with Gasteiger partial charge in [0.15, 0.2) is 0 Å². The van der Waals surface area contributed by atoms with Gasteiger partial charge in [0.05, 0.1) is 0 Å². The molecule has 0 heterocycles. The highest BCUT2D eigenvalue weighted by Crippen LogP contribution is 2.33. The lowest BCUT2D eigenvalue weighted by Crippen LogP contribution is -2.28. The molecule has 0 radical (unpaired) electrons. The average molecular weight is 379 g/mol. The zero-order valence-corrected chi connectivity index (χ0v) is 16.8. The Morgan fingerprint density at radius 3 is 2.35 bits per heavy atom. The van der Waals surface area contributed by atoms with Crippen LogP contribution in [0.5, 0.6) is 0 Å². The number of halogens is 1. The summed E-state index contributed by atoms with van der Waals surface area (Å²) in [4.78, 5) is 0. The number of rotatable bonds is 8. The first-order valence-electron chi connectivity index (χ1n) is 8.43. The molecular formula is C21H31BrO. The summed E-state index contributed by atoms with van der Waals surface area (Å²) in [5.74, 6) is 0. The molecule has 1 aromatic carbocycles. The summed E-state index contributed by atoms with van der Waals surface area (Å²) >= 11 is 3.48. The number of allylic oxidation sites excluding steroid dienone is 3. The molecule has 2 heteroatoms. The molecule has 0 saturated heterocycles. The molecule has 0 aliphatic rings. The second-order valence-corrected chi connectivity index (χ2v) is 6.05. The van der Waals surface area contributed by atoms with Crippen LogP contribution in [0.15, 0.2) is 65.2 Å². The molecule has 0 fully saturated rings. The minimum atomic E-state index is -0.492. The molecule has 0 N–H and O–H groups in total. The van der Waals surface area contributed by atoms with Crippen molar-refractivity contribution < 1.29 is 4.74 Å². The number of ether oxygens (including phenoxy) is 1. The van der Waals surface area contributed by atoms with Gasteiger partial charge in [-0.15, -0.1) is 0 Å². The maximum atomic E-state index is 6.20. The molecule has 0 bridgehead atoms. The number of unbranched alkanes of at least 4 members (excludes halogenated alkanes) is 1. The molecular weight excluding hydrogens is 348 g/mol. The highest BCUT2D eigenvalue weighted by molar-refractivity contribution is 9.11. The van der Waals surface area contributed by atoms with Gasteiger partial charge in [-0.1, -0.05) is 92.2 Å². The Morgan fingerprint density at radius 1 is 1.22 bits per heavy atom. The van der Waals surface area contributed by atoms with Gasteiger partial charge in [0.25, 0.3) is 0 Å². The molecule has 0 aromatic heterocycles. The van der Waals surface area contributed by atoms with Crippen LogP contribution in [0.1, 0.15) is 53.0 Å². The number of benzene rings is 1. The van der Waals surface area contributed by atoms with Crippen molar-refractivity contribution in [3.05, 3.63) is 70.8 Å². The maximum Gasteiger partial charge on any atom is 0.115 e. The molecule has 0 saturated carbocycles. The molecule has 0 aliphatic carbocycles. The molecule has 1 atom stereocenters. The number of hydrogen-bond donors (Lipinski definition) is 0. The molecule has 0 spiro atoms. The Morgan fingerprint density at radius 2 is 1.83 bits per heavy atom. The van der Waals surface area contributed by atoms with Crippen LogP contribution in [-0.4, -0.2) is 6.61 Å². The summed E-state index contributed by atoms with van der Waals surface area (Å²) in [6, 6.07) is 10.3. The van der Waals surface area contributed by atoms with Crippen LogP contribution < -0.4 is 0 Å². The summed E-state index contributed by atoms with van der Waals surface area (Å²) in [7, 11) is 0. The lowest BCUT2D eigenvalue weighted by Gasteiger charge is -2.31. The van der Waals surface area contributed by atoms with Crippen molar-refractivity contribution in [2.24, 2.45) is 0 Å². The van der Waals surface area contributed by atoms with E-state index in [2.05, 4.69) is 48.5 Å². The summed E-state index contributed by atoms with van der Waals surface area (Å²) in [5, 5.41) is 0. The SMILES string of the molecule is C=C(/C=C\C(Br)=C/C)C(C)(OCCCC)c1ccccc1.CC. The normalized spacial score (nSPS) is 14.1. The van der Waals surface area contributed by atoms with Gasteiger partial charge in [-0.2, -0.15) is 0 Å². The minimum absolute atomic E-state index is 0.492. The fraction of sp³-hybridized carbons (Fsp3) is 0.429. The Balaban J connectivity index is 0.00000232. The van der Waals surface area contributed by atoms with E-state index >= 15 is 0 Å². The lowest BCUT2D eigenvalue weighted by atomic mass is 9.88. The summed E-state index contributed by atoms with van der Waals surface area (Å²) in [6.07, 6.45) is 8.20. The Bertz CT molecular complexity index is 502. The fourth-order valence-corrected chi connectivity index (χ4v) is 2.11. The summed E-state index contributed by atoms with van der Waals surface area (Å²) < 4.78 is 7.23. The van der Waals surface area contributed by atoms with Crippen molar-refractivity contribution in [2.75, 3.05) is 6.61 Å². The Labute approximate surface area is 151 Å². The van der Waals surface area contributed by atoms with Crippen LogP contribution in [0.4, 0.5) is 0 Å². The van der Waals surface area contributed by atoms with E-state index in [1.807, 2.05) is 57.2 Å². The predicted molar refractivity (Wildman–Crippen MR) is 107 cm³/mol. The third kappa shape index (κ3) is 7.32. The molecule has 23 heavy (non-hydrogen) atoms. The van der Waals surface area contributed by atoms with Gasteiger partial charge in [-0.3, -0.25) is 0 Å². The summed E-state index contributed by atoms with van der Waals surface area (Å²) in [6.45, 7) is 15.2. The van der Waals surface area contributed by atoms with Crippen LogP contribution >= 0.6 is 15.9 Å². The van der Waals surface area contributed by atoms with E-state index in [1.165, 1.54) is 0 Å². The summed E-state index contributed by atoms with van der Waals surface area (Å²) in [5.41, 5.74) is 1.59. The largest absolute Gasteiger partial charge is 0.366 e. The minimum Gasteiger partial charge on any atom is -0.366 e. The van der Waals surface area contributed by atoms with Crippen molar-refractivity contribution in [2.45, 2.75) is 53.1 Å². The van der Waals surface area contributed by atoms with Crippen molar-refractivity contribution >= 4 is 15.9 Å². The van der Waals surface area contributed by atoms with Gasteiger partial charge >= 0.3 is 0 Å². The molecule has 128 valence electrons. The lowest BCUT2D eigenvalue weighted by molar-refractivity contribution is -0.00577.